The monoisotopic (exact) mass is 202 g/mol. The van der Waals surface area contributed by atoms with E-state index in [4.69, 9.17) is 5.73 Å². The molecule has 0 bridgehead atoms. The van der Waals surface area contributed by atoms with E-state index in [1.165, 1.54) is 0 Å². The van der Waals surface area contributed by atoms with Crippen molar-refractivity contribution in [3.05, 3.63) is 36.2 Å². The van der Waals surface area contributed by atoms with Crippen LogP contribution in [0.1, 0.15) is 12.1 Å². The lowest BCUT2D eigenvalue weighted by Crippen LogP contribution is -2.01. The highest BCUT2D eigenvalue weighted by molar-refractivity contribution is 5.85. The van der Waals surface area contributed by atoms with Crippen LogP contribution in [0.2, 0.25) is 0 Å². The van der Waals surface area contributed by atoms with Crippen molar-refractivity contribution in [1.29, 1.82) is 0 Å². The zero-order chi connectivity index (χ0) is 10.7. The molecule has 15 heavy (non-hydrogen) atoms. The van der Waals surface area contributed by atoms with E-state index in [0.717, 1.165) is 29.3 Å². The third kappa shape index (κ3) is 2.07. The van der Waals surface area contributed by atoms with Crippen molar-refractivity contribution in [2.75, 3.05) is 6.54 Å². The molecule has 0 amide bonds. The lowest BCUT2D eigenvalue weighted by atomic mass is 10.1. The van der Waals surface area contributed by atoms with Crippen LogP contribution in [0.15, 0.2) is 30.5 Å². The zero-order valence-corrected chi connectivity index (χ0v) is 8.48. The Morgan fingerprint density at radius 2 is 2.13 bits per heavy atom. The van der Waals surface area contributed by atoms with Gasteiger partial charge in [0, 0.05) is 17.3 Å². The van der Waals surface area contributed by atoms with Crippen LogP contribution in [0, 0.1) is 0 Å². The Hall–Kier alpha value is -1.61. The van der Waals surface area contributed by atoms with Gasteiger partial charge in [-0.15, -0.1) is 0 Å². The summed E-state index contributed by atoms with van der Waals surface area (Å²) in [7, 11) is 0. The van der Waals surface area contributed by atoms with Gasteiger partial charge in [-0.2, -0.15) is 0 Å². The molecule has 3 nitrogen and oxygen atoms in total. The van der Waals surface area contributed by atoms with E-state index < -0.39 is 0 Å². The van der Waals surface area contributed by atoms with E-state index >= 15 is 0 Å². The first-order valence-corrected chi connectivity index (χ1v) is 5.08. The molecule has 0 unspecified atom stereocenters. The number of hydrogen-bond donors (Lipinski definition) is 2. The van der Waals surface area contributed by atoms with E-state index in [0.29, 0.717) is 12.3 Å². The predicted octanol–water partition coefficient (Wildman–Crippen LogP) is 1.83. The number of aryl methyl sites for hydroxylation is 1. The van der Waals surface area contributed by atoms with Gasteiger partial charge in [0.1, 0.15) is 5.75 Å². The molecule has 0 aliphatic heterocycles. The largest absolute Gasteiger partial charge is 0.508 e. The summed E-state index contributed by atoms with van der Waals surface area (Å²) in [6.45, 7) is 0.677. The predicted molar refractivity (Wildman–Crippen MR) is 60.8 cm³/mol. The minimum atomic E-state index is 0.290. The number of pyridine rings is 1. The quantitative estimate of drug-likeness (QED) is 0.798. The van der Waals surface area contributed by atoms with Gasteiger partial charge in [-0.3, -0.25) is 4.98 Å². The summed E-state index contributed by atoms with van der Waals surface area (Å²) >= 11 is 0. The maximum Gasteiger partial charge on any atom is 0.116 e. The molecule has 1 heterocycles. The minimum Gasteiger partial charge on any atom is -0.508 e. The molecule has 0 aliphatic rings. The second-order valence-corrected chi connectivity index (χ2v) is 3.56. The second kappa shape index (κ2) is 4.28. The summed E-state index contributed by atoms with van der Waals surface area (Å²) in [5.41, 5.74) is 6.53. The van der Waals surface area contributed by atoms with Crippen LogP contribution < -0.4 is 5.73 Å². The summed E-state index contributed by atoms with van der Waals surface area (Å²) in [4.78, 5) is 4.34. The summed E-state index contributed by atoms with van der Waals surface area (Å²) in [6.07, 6.45) is 3.60. The maximum atomic E-state index is 9.36. The van der Waals surface area contributed by atoms with Crippen LogP contribution in [0.5, 0.6) is 5.75 Å². The maximum absolute atomic E-state index is 9.36. The molecule has 2 rings (SSSR count). The number of rotatable bonds is 3. The van der Waals surface area contributed by atoms with Gasteiger partial charge in [0.2, 0.25) is 0 Å². The van der Waals surface area contributed by atoms with Gasteiger partial charge in [-0.05, 0) is 49.0 Å². The van der Waals surface area contributed by atoms with Crippen molar-refractivity contribution in [1.82, 2.24) is 4.98 Å². The number of fused-ring (bicyclic) bond motifs is 1. The standard InChI is InChI=1S/C12H14N2O/c13-6-1-2-12-11-4-3-10(15)8-9(11)5-7-14-12/h3-5,7-8,15H,1-2,6,13H2. The van der Waals surface area contributed by atoms with Gasteiger partial charge in [0.15, 0.2) is 0 Å². The number of nitrogens with zero attached hydrogens (tertiary/aromatic N) is 1. The number of aromatic nitrogens is 1. The molecule has 0 saturated heterocycles. The van der Waals surface area contributed by atoms with Gasteiger partial charge < -0.3 is 10.8 Å². The van der Waals surface area contributed by atoms with Crippen molar-refractivity contribution in [3.8, 4) is 5.75 Å². The number of benzene rings is 1. The number of aromatic hydroxyl groups is 1. The number of nitrogens with two attached hydrogens (primary N) is 1. The second-order valence-electron chi connectivity index (χ2n) is 3.56. The van der Waals surface area contributed by atoms with Gasteiger partial charge in [0.25, 0.3) is 0 Å². The Bertz CT molecular complexity index is 468. The number of hydrogen-bond acceptors (Lipinski definition) is 3. The SMILES string of the molecule is NCCCc1nccc2cc(O)ccc12. The lowest BCUT2D eigenvalue weighted by molar-refractivity contribution is 0.476. The molecule has 3 heteroatoms. The fraction of sp³-hybridized carbons (Fsp3) is 0.250. The minimum absolute atomic E-state index is 0.290. The molecule has 0 aliphatic carbocycles. The van der Waals surface area contributed by atoms with E-state index in [9.17, 15) is 5.11 Å². The molecule has 78 valence electrons. The van der Waals surface area contributed by atoms with Gasteiger partial charge in [0.05, 0.1) is 0 Å². The summed E-state index contributed by atoms with van der Waals surface area (Å²) in [5, 5.41) is 11.5. The van der Waals surface area contributed by atoms with Crippen LogP contribution in [-0.4, -0.2) is 16.6 Å². The molecule has 0 spiro atoms. The van der Waals surface area contributed by atoms with Gasteiger partial charge >= 0.3 is 0 Å². The molecule has 1 aromatic heterocycles. The Kier molecular flexibility index (Phi) is 2.83. The highest BCUT2D eigenvalue weighted by Gasteiger charge is 2.02. The van der Waals surface area contributed by atoms with Crippen molar-refractivity contribution < 1.29 is 5.11 Å². The third-order valence-electron chi connectivity index (χ3n) is 2.45. The smallest absolute Gasteiger partial charge is 0.116 e. The van der Waals surface area contributed by atoms with Crippen LogP contribution in [-0.2, 0) is 6.42 Å². The van der Waals surface area contributed by atoms with Crippen LogP contribution >= 0.6 is 0 Å². The molecule has 3 N–H and O–H groups in total. The molecule has 2 aromatic rings. The van der Waals surface area contributed by atoms with Crippen LogP contribution in [0.3, 0.4) is 0 Å². The molecular weight excluding hydrogens is 188 g/mol. The Morgan fingerprint density at radius 1 is 1.27 bits per heavy atom. The molecule has 0 radical (unpaired) electrons. The van der Waals surface area contributed by atoms with Gasteiger partial charge in [-0.25, -0.2) is 0 Å². The van der Waals surface area contributed by atoms with E-state index in [1.807, 2.05) is 12.1 Å². The first-order chi connectivity index (χ1) is 7.31. The number of phenols is 1. The van der Waals surface area contributed by atoms with E-state index in [-0.39, 0.29) is 0 Å². The van der Waals surface area contributed by atoms with Crippen molar-refractivity contribution in [2.45, 2.75) is 12.8 Å². The summed E-state index contributed by atoms with van der Waals surface area (Å²) in [5.74, 6) is 0.290. The Morgan fingerprint density at radius 3 is 2.93 bits per heavy atom. The first kappa shape index (κ1) is 9.93. The molecule has 0 saturated carbocycles. The fourth-order valence-electron chi connectivity index (χ4n) is 1.70. The molecular formula is C12H14N2O. The number of phenolic OH excluding ortho intramolecular Hbond substituents is 1. The first-order valence-electron chi connectivity index (χ1n) is 5.08. The van der Waals surface area contributed by atoms with Crippen molar-refractivity contribution in [3.63, 3.8) is 0 Å². The van der Waals surface area contributed by atoms with Crippen molar-refractivity contribution >= 4 is 10.8 Å². The topological polar surface area (TPSA) is 59.1 Å². The molecule has 0 atom stereocenters. The van der Waals surface area contributed by atoms with Gasteiger partial charge in [-0.1, -0.05) is 0 Å². The lowest BCUT2D eigenvalue weighted by Gasteiger charge is -2.04. The summed E-state index contributed by atoms with van der Waals surface area (Å²) < 4.78 is 0. The average molecular weight is 202 g/mol. The van der Waals surface area contributed by atoms with Crippen LogP contribution in [0.4, 0.5) is 0 Å². The highest BCUT2D eigenvalue weighted by Crippen LogP contribution is 2.22. The van der Waals surface area contributed by atoms with Crippen LogP contribution in [0.25, 0.3) is 10.8 Å². The Labute approximate surface area is 88.6 Å². The fourth-order valence-corrected chi connectivity index (χ4v) is 1.70. The average Bonchev–Trinajstić information content (AvgIpc) is 2.25. The molecule has 0 fully saturated rings. The summed E-state index contributed by atoms with van der Waals surface area (Å²) in [6, 6.07) is 7.25. The van der Waals surface area contributed by atoms with E-state index in [2.05, 4.69) is 4.98 Å². The molecule has 1 aromatic carbocycles. The zero-order valence-electron chi connectivity index (χ0n) is 8.48. The van der Waals surface area contributed by atoms with E-state index in [1.54, 1.807) is 18.3 Å². The normalized spacial score (nSPS) is 10.7. The Balaban J connectivity index is 2.46. The third-order valence-corrected chi connectivity index (χ3v) is 2.45. The van der Waals surface area contributed by atoms with Crippen molar-refractivity contribution in [2.24, 2.45) is 5.73 Å². The highest BCUT2D eigenvalue weighted by atomic mass is 16.3.